The number of carbonyl (C=O) groups is 1. The third-order valence-corrected chi connectivity index (χ3v) is 6.99. The number of sulfonamides is 1. The van der Waals surface area contributed by atoms with Gasteiger partial charge in [-0.05, 0) is 35.7 Å². The molecule has 0 atom stereocenters. The lowest BCUT2D eigenvalue weighted by atomic mass is 10.1. The molecule has 1 aromatic heterocycles. The highest BCUT2D eigenvalue weighted by molar-refractivity contribution is 7.92. The van der Waals surface area contributed by atoms with Crippen LogP contribution in [0.1, 0.15) is 16.7 Å². The highest BCUT2D eigenvalue weighted by Gasteiger charge is 2.27. The van der Waals surface area contributed by atoms with E-state index in [0.717, 1.165) is 22.3 Å². The van der Waals surface area contributed by atoms with Crippen LogP contribution in [0.25, 0.3) is 0 Å². The smallest absolute Gasteiger partial charge is 0.316 e. The third kappa shape index (κ3) is 5.05. The maximum atomic E-state index is 14.8. The summed E-state index contributed by atoms with van der Waals surface area (Å²) in [6, 6.07) is 9.85. The van der Waals surface area contributed by atoms with Crippen LogP contribution >= 0.6 is 0 Å². The first-order valence-electron chi connectivity index (χ1n) is 10.7. The van der Waals surface area contributed by atoms with Crippen molar-refractivity contribution in [2.75, 3.05) is 33.1 Å². The fraction of sp³-hybridized carbons (Fsp3) is 0.261. The summed E-state index contributed by atoms with van der Waals surface area (Å²) in [6.07, 6.45) is 1.96. The topological polar surface area (TPSA) is 108 Å². The van der Waals surface area contributed by atoms with Crippen LogP contribution in [0.4, 0.5) is 42.0 Å². The number of aryl methyl sites for hydroxylation is 1. The Labute approximate surface area is 206 Å². The van der Waals surface area contributed by atoms with Gasteiger partial charge in [-0.3, -0.25) is 14.0 Å². The number of carbonyl (C=O) groups excluding carboxylic acids is 1. The molecule has 4 rings (SSSR count). The van der Waals surface area contributed by atoms with E-state index in [9.17, 15) is 26.4 Å². The van der Waals surface area contributed by atoms with Gasteiger partial charge in [0.2, 0.25) is 21.9 Å². The molecule has 0 unspecified atom stereocenters. The predicted octanol–water partition coefficient (Wildman–Crippen LogP) is 3.79. The van der Waals surface area contributed by atoms with E-state index in [4.69, 9.17) is 0 Å². The molecule has 36 heavy (non-hydrogen) atoms. The van der Waals surface area contributed by atoms with Gasteiger partial charge in [-0.25, -0.2) is 17.8 Å². The third-order valence-electron chi connectivity index (χ3n) is 5.80. The number of amides is 1. The van der Waals surface area contributed by atoms with E-state index in [1.807, 2.05) is 0 Å². The normalized spacial score (nSPS) is 12.9. The first kappa shape index (κ1) is 25.2. The van der Waals surface area contributed by atoms with E-state index >= 15 is 0 Å². The van der Waals surface area contributed by atoms with Crippen LogP contribution in [0.5, 0.6) is 0 Å². The van der Waals surface area contributed by atoms with Crippen LogP contribution in [0.15, 0.2) is 42.6 Å². The number of rotatable bonds is 8. The first-order valence-corrected chi connectivity index (χ1v) is 12.6. The minimum absolute atomic E-state index is 0.162. The van der Waals surface area contributed by atoms with Gasteiger partial charge in [-0.15, -0.1) is 0 Å². The summed E-state index contributed by atoms with van der Waals surface area (Å²) in [5.41, 5.74) is 2.67. The summed E-state index contributed by atoms with van der Waals surface area (Å²) in [6.45, 7) is -2.05. The Morgan fingerprint density at radius 1 is 1.19 bits per heavy atom. The zero-order valence-electron chi connectivity index (χ0n) is 19.6. The highest BCUT2D eigenvalue weighted by atomic mass is 32.2. The molecule has 3 aromatic rings. The fourth-order valence-corrected chi connectivity index (χ4v) is 4.40. The average Bonchev–Trinajstić information content (AvgIpc) is 3.19. The molecule has 0 radical (unpaired) electrons. The van der Waals surface area contributed by atoms with E-state index in [2.05, 4.69) is 20.6 Å². The summed E-state index contributed by atoms with van der Waals surface area (Å²) in [5, 5.41) is 5.55. The molecule has 1 amide bonds. The number of benzene rings is 2. The maximum absolute atomic E-state index is 14.8. The lowest BCUT2D eigenvalue weighted by Crippen LogP contribution is -2.33. The van der Waals surface area contributed by atoms with Gasteiger partial charge in [0, 0.05) is 7.05 Å². The first-order chi connectivity index (χ1) is 17.0. The number of halogens is 3. The molecule has 2 aromatic carbocycles. The molecule has 0 spiro atoms. The van der Waals surface area contributed by atoms with Crippen molar-refractivity contribution in [2.45, 2.75) is 26.4 Å². The van der Waals surface area contributed by atoms with Crippen LogP contribution in [0.3, 0.4) is 0 Å². The second kappa shape index (κ2) is 9.64. The molecule has 0 fully saturated rings. The van der Waals surface area contributed by atoms with E-state index in [1.54, 1.807) is 37.3 Å². The van der Waals surface area contributed by atoms with Crippen molar-refractivity contribution < 1.29 is 26.4 Å². The Morgan fingerprint density at radius 2 is 1.92 bits per heavy atom. The largest absolute Gasteiger partial charge is 0.324 e. The SMILES string of the molecule is Cc1cccc(N(C)S(C)(=O)=O)c1CN(c1nc(Nc2cccc3c2NC(=O)C3)ncc1F)C(F)F. The molecule has 0 bridgehead atoms. The molecule has 190 valence electrons. The molecule has 0 saturated heterocycles. The van der Waals surface area contributed by atoms with Crippen LogP contribution in [0.2, 0.25) is 0 Å². The number of fused-ring (bicyclic) bond motifs is 1. The Kier molecular flexibility index (Phi) is 6.76. The molecule has 0 saturated carbocycles. The predicted molar refractivity (Wildman–Crippen MR) is 131 cm³/mol. The van der Waals surface area contributed by atoms with Gasteiger partial charge < -0.3 is 10.6 Å². The molecule has 0 aliphatic carbocycles. The number of alkyl halides is 2. The minimum atomic E-state index is -3.69. The Morgan fingerprint density at radius 3 is 2.61 bits per heavy atom. The fourth-order valence-electron chi connectivity index (χ4n) is 3.87. The van der Waals surface area contributed by atoms with Gasteiger partial charge in [0.05, 0.1) is 42.5 Å². The van der Waals surface area contributed by atoms with Crippen LogP contribution in [-0.4, -0.2) is 44.1 Å². The standard InChI is InChI=1S/C23H23F3N6O3S/c1-13-6-4-9-18(31(2)36(3,34)35)15(13)12-32(22(25)26)21-16(24)11-27-23(30-21)28-17-8-5-7-14-10-19(33)29-20(14)17/h4-9,11,22H,10,12H2,1-3H3,(H,29,33)(H,27,28,30). The number of nitrogens with zero attached hydrogens (tertiary/aromatic N) is 4. The van der Waals surface area contributed by atoms with Gasteiger partial charge in [0.1, 0.15) is 0 Å². The van der Waals surface area contributed by atoms with Gasteiger partial charge in [0.15, 0.2) is 11.6 Å². The van der Waals surface area contributed by atoms with Crippen LogP contribution in [0, 0.1) is 12.7 Å². The van der Waals surface area contributed by atoms with Gasteiger partial charge in [0.25, 0.3) is 0 Å². The lowest BCUT2D eigenvalue weighted by Gasteiger charge is -2.28. The molecule has 9 nitrogen and oxygen atoms in total. The number of anilines is 5. The molecular weight excluding hydrogens is 497 g/mol. The Hall–Kier alpha value is -3.87. The maximum Gasteiger partial charge on any atom is 0.316 e. The summed E-state index contributed by atoms with van der Waals surface area (Å²) < 4.78 is 68.4. The van der Waals surface area contributed by atoms with E-state index < -0.39 is 34.8 Å². The number of hydrogen-bond donors (Lipinski definition) is 2. The van der Waals surface area contributed by atoms with Crippen molar-refractivity contribution in [1.29, 1.82) is 0 Å². The summed E-state index contributed by atoms with van der Waals surface area (Å²) in [5.74, 6) is -2.11. The number of para-hydroxylation sites is 1. The monoisotopic (exact) mass is 520 g/mol. The second-order valence-electron chi connectivity index (χ2n) is 8.26. The highest BCUT2D eigenvalue weighted by Crippen LogP contribution is 2.34. The van der Waals surface area contributed by atoms with Crippen molar-refractivity contribution in [3.05, 3.63) is 65.1 Å². The van der Waals surface area contributed by atoms with E-state index in [0.29, 0.717) is 21.8 Å². The molecule has 2 N–H and O–H groups in total. The Balaban J connectivity index is 1.71. The molecule has 2 heterocycles. The van der Waals surface area contributed by atoms with Gasteiger partial charge in [-0.2, -0.15) is 13.8 Å². The zero-order valence-corrected chi connectivity index (χ0v) is 20.4. The molecule has 1 aliphatic heterocycles. The molecular formula is C23H23F3N6O3S. The zero-order chi connectivity index (χ0) is 26.2. The van der Waals surface area contributed by atoms with Gasteiger partial charge >= 0.3 is 6.55 Å². The number of aromatic nitrogens is 2. The van der Waals surface area contributed by atoms with Crippen LogP contribution in [-0.2, 0) is 27.8 Å². The summed E-state index contributed by atoms with van der Waals surface area (Å²) in [7, 11) is -2.38. The second-order valence-corrected chi connectivity index (χ2v) is 10.3. The van der Waals surface area contributed by atoms with Crippen molar-refractivity contribution in [3.63, 3.8) is 0 Å². The number of hydrogen-bond acceptors (Lipinski definition) is 7. The average molecular weight is 521 g/mol. The van der Waals surface area contributed by atoms with Crippen LogP contribution < -0.4 is 19.8 Å². The summed E-state index contributed by atoms with van der Waals surface area (Å²) >= 11 is 0. The lowest BCUT2D eigenvalue weighted by molar-refractivity contribution is -0.115. The molecule has 1 aliphatic rings. The quantitative estimate of drug-likeness (QED) is 0.435. The van der Waals surface area contributed by atoms with Crippen molar-refractivity contribution in [3.8, 4) is 0 Å². The van der Waals surface area contributed by atoms with Crippen molar-refractivity contribution in [1.82, 2.24) is 9.97 Å². The van der Waals surface area contributed by atoms with Crippen molar-refractivity contribution in [2.24, 2.45) is 0 Å². The minimum Gasteiger partial charge on any atom is -0.324 e. The van der Waals surface area contributed by atoms with E-state index in [-0.39, 0.29) is 29.5 Å². The summed E-state index contributed by atoms with van der Waals surface area (Å²) in [4.78, 5) is 20.0. The van der Waals surface area contributed by atoms with E-state index in [1.165, 1.54) is 13.1 Å². The Bertz CT molecular complexity index is 1430. The number of nitrogens with one attached hydrogen (secondary N) is 2. The van der Waals surface area contributed by atoms with Crippen molar-refractivity contribution >= 4 is 44.8 Å². The molecule has 13 heteroatoms. The van der Waals surface area contributed by atoms with Gasteiger partial charge in [-0.1, -0.05) is 24.3 Å².